The van der Waals surface area contributed by atoms with Crippen LogP contribution < -0.4 is 14.4 Å². The van der Waals surface area contributed by atoms with Gasteiger partial charge in [-0.2, -0.15) is 0 Å². The fourth-order valence-corrected chi connectivity index (χ4v) is 4.81. The molecular weight excluding hydrogens is 485 g/mol. The zero-order chi connectivity index (χ0) is 26.9. The SMILES string of the molecule is CC[C@@H](C(=O)NC(C)C)N(Cc1ccc(F)cc1)C(=O)CCCN(c1cccc(OC)c1)S(C)(=O)=O. The number of amides is 2. The molecule has 2 rings (SSSR count). The summed E-state index contributed by atoms with van der Waals surface area (Å²) in [5.74, 6) is -0.425. The Kier molecular flexibility index (Phi) is 10.7. The Morgan fingerprint density at radius 2 is 1.78 bits per heavy atom. The lowest BCUT2D eigenvalue weighted by molar-refractivity contribution is -0.141. The van der Waals surface area contributed by atoms with E-state index in [1.807, 2.05) is 20.8 Å². The van der Waals surface area contributed by atoms with Gasteiger partial charge >= 0.3 is 0 Å². The lowest BCUT2D eigenvalue weighted by atomic mass is 10.1. The molecule has 10 heteroatoms. The second kappa shape index (κ2) is 13.2. The molecule has 198 valence electrons. The summed E-state index contributed by atoms with van der Waals surface area (Å²) in [5, 5.41) is 2.86. The number of rotatable bonds is 13. The zero-order valence-corrected chi connectivity index (χ0v) is 22.3. The highest BCUT2D eigenvalue weighted by Crippen LogP contribution is 2.24. The number of sulfonamides is 1. The van der Waals surface area contributed by atoms with E-state index in [1.165, 1.54) is 28.4 Å². The van der Waals surface area contributed by atoms with Crippen molar-refractivity contribution in [2.75, 3.05) is 24.2 Å². The lowest BCUT2D eigenvalue weighted by Gasteiger charge is -2.31. The van der Waals surface area contributed by atoms with Crippen LogP contribution in [0.5, 0.6) is 5.75 Å². The van der Waals surface area contributed by atoms with Gasteiger partial charge in [-0.05, 0) is 56.5 Å². The summed E-state index contributed by atoms with van der Waals surface area (Å²) >= 11 is 0. The molecule has 1 atom stereocenters. The minimum Gasteiger partial charge on any atom is -0.497 e. The molecule has 0 aliphatic rings. The summed E-state index contributed by atoms with van der Waals surface area (Å²) in [6.07, 6.45) is 1.77. The molecular formula is C26H36FN3O5S. The molecule has 0 heterocycles. The lowest BCUT2D eigenvalue weighted by Crippen LogP contribution is -2.50. The van der Waals surface area contributed by atoms with Crippen LogP contribution in [0, 0.1) is 5.82 Å². The fraction of sp³-hybridized carbons (Fsp3) is 0.462. The van der Waals surface area contributed by atoms with Gasteiger partial charge in [0.1, 0.15) is 17.6 Å². The number of benzene rings is 2. The minimum atomic E-state index is -3.61. The van der Waals surface area contributed by atoms with E-state index in [4.69, 9.17) is 4.74 Å². The number of carbonyl (C=O) groups is 2. The molecule has 0 fully saturated rings. The minimum absolute atomic E-state index is 0.0304. The summed E-state index contributed by atoms with van der Waals surface area (Å²) in [4.78, 5) is 27.7. The molecule has 8 nitrogen and oxygen atoms in total. The predicted molar refractivity (Wildman–Crippen MR) is 139 cm³/mol. The van der Waals surface area contributed by atoms with Crippen molar-refractivity contribution >= 4 is 27.5 Å². The number of nitrogens with one attached hydrogen (secondary N) is 1. The van der Waals surface area contributed by atoms with Gasteiger partial charge in [0.05, 0.1) is 19.1 Å². The molecule has 0 saturated heterocycles. The first-order valence-corrected chi connectivity index (χ1v) is 13.8. The molecule has 0 bridgehead atoms. The van der Waals surface area contributed by atoms with E-state index in [0.29, 0.717) is 23.4 Å². The Labute approximate surface area is 213 Å². The predicted octanol–water partition coefficient (Wildman–Crippen LogP) is 3.71. The third kappa shape index (κ3) is 8.51. The van der Waals surface area contributed by atoms with Crippen molar-refractivity contribution < 1.29 is 27.1 Å². The summed E-state index contributed by atoms with van der Waals surface area (Å²) in [6, 6.07) is 11.7. The summed E-state index contributed by atoms with van der Waals surface area (Å²) in [5.41, 5.74) is 1.13. The number of hydrogen-bond acceptors (Lipinski definition) is 5. The smallest absolute Gasteiger partial charge is 0.243 e. The molecule has 0 unspecified atom stereocenters. The van der Waals surface area contributed by atoms with Crippen LogP contribution >= 0.6 is 0 Å². The Morgan fingerprint density at radius 3 is 2.33 bits per heavy atom. The van der Waals surface area contributed by atoms with Gasteiger partial charge in [-0.25, -0.2) is 12.8 Å². The van der Waals surface area contributed by atoms with Gasteiger partial charge in [-0.1, -0.05) is 25.1 Å². The van der Waals surface area contributed by atoms with Crippen molar-refractivity contribution in [3.05, 3.63) is 59.9 Å². The van der Waals surface area contributed by atoms with E-state index < -0.39 is 16.1 Å². The number of methoxy groups -OCH3 is 1. The first-order valence-electron chi connectivity index (χ1n) is 11.9. The van der Waals surface area contributed by atoms with E-state index in [-0.39, 0.29) is 49.6 Å². The van der Waals surface area contributed by atoms with Crippen LogP contribution in [-0.4, -0.2) is 57.1 Å². The van der Waals surface area contributed by atoms with E-state index in [2.05, 4.69) is 5.32 Å². The number of carbonyl (C=O) groups excluding carboxylic acids is 2. The van der Waals surface area contributed by atoms with E-state index in [9.17, 15) is 22.4 Å². The average molecular weight is 522 g/mol. The third-order valence-corrected chi connectivity index (χ3v) is 6.77. The standard InChI is InChI=1S/C26H36FN3O5S/c1-6-24(26(32)28-19(2)3)29(18-20-12-14-21(27)15-13-20)25(31)11-8-16-30(36(5,33)34)22-9-7-10-23(17-22)35-4/h7,9-10,12-15,17,19,24H,6,8,11,16,18H2,1-5H3,(H,28,32)/t24-/m0/s1. The first kappa shape index (κ1) is 29.1. The number of anilines is 1. The van der Waals surface area contributed by atoms with Crippen molar-refractivity contribution in [3.8, 4) is 5.75 Å². The van der Waals surface area contributed by atoms with Crippen molar-refractivity contribution in [3.63, 3.8) is 0 Å². The normalized spacial score (nSPS) is 12.2. The van der Waals surface area contributed by atoms with Gasteiger partial charge in [0.2, 0.25) is 21.8 Å². The molecule has 2 aromatic rings. The van der Waals surface area contributed by atoms with Crippen LogP contribution in [-0.2, 0) is 26.2 Å². The van der Waals surface area contributed by atoms with Crippen LogP contribution in [0.15, 0.2) is 48.5 Å². The molecule has 1 N–H and O–H groups in total. The highest BCUT2D eigenvalue weighted by Gasteiger charge is 2.29. The first-order chi connectivity index (χ1) is 17.0. The van der Waals surface area contributed by atoms with Gasteiger partial charge < -0.3 is 15.0 Å². The summed E-state index contributed by atoms with van der Waals surface area (Å²) in [6.45, 7) is 5.72. The van der Waals surface area contributed by atoms with Gasteiger partial charge in [-0.3, -0.25) is 13.9 Å². The van der Waals surface area contributed by atoms with Crippen molar-refractivity contribution in [1.82, 2.24) is 10.2 Å². The summed E-state index contributed by atoms with van der Waals surface area (Å²) < 4.78 is 44.8. The van der Waals surface area contributed by atoms with E-state index in [1.54, 1.807) is 36.4 Å². The van der Waals surface area contributed by atoms with E-state index in [0.717, 1.165) is 6.26 Å². The maximum atomic E-state index is 13.4. The molecule has 2 aromatic carbocycles. The quantitative estimate of drug-likeness (QED) is 0.434. The highest BCUT2D eigenvalue weighted by atomic mass is 32.2. The molecule has 0 saturated carbocycles. The van der Waals surface area contributed by atoms with Gasteiger partial charge in [0, 0.05) is 31.6 Å². The third-order valence-electron chi connectivity index (χ3n) is 5.58. The van der Waals surface area contributed by atoms with Crippen molar-refractivity contribution in [1.29, 1.82) is 0 Å². The van der Waals surface area contributed by atoms with Crippen LogP contribution in [0.3, 0.4) is 0 Å². The van der Waals surface area contributed by atoms with Crippen LogP contribution in [0.1, 0.15) is 45.6 Å². The van der Waals surface area contributed by atoms with E-state index >= 15 is 0 Å². The van der Waals surface area contributed by atoms with Crippen molar-refractivity contribution in [2.45, 2.75) is 58.7 Å². The van der Waals surface area contributed by atoms with Crippen molar-refractivity contribution in [2.24, 2.45) is 0 Å². The number of nitrogens with zero attached hydrogens (tertiary/aromatic N) is 2. The molecule has 0 aliphatic heterocycles. The molecule has 0 aromatic heterocycles. The Hall–Kier alpha value is -3.14. The maximum absolute atomic E-state index is 13.4. The number of ether oxygens (including phenoxy) is 1. The largest absolute Gasteiger partial charge is 0.497 e. The van der Waals surface area contributed by atoms with Crippen LogP contribution in [0.2, 0.25) is 0 Å². The van der Waals surface area contributed by atoms with Gasteiger partial charge in [0.25, 0.3) is 0 Å². The van der Waals surface area contributed by atoms with Gasteiger partial charge in [-0.15, -0.1) is 0 Å². The summed E-state index contributed by atoms with van der Waals surface area (Å²) in [7, 11) is -2.11. The molecule has 0 spiro atoms. The monoisotopic (exact) mass is 521 g/mol. The second-order valence-electron chi connectivity index (χ2n) is 8.88. The topological polar surface area (TPSA) is 96.0 Å². The Morgan fingerprint density at radius 1 is 1.11 bits per heavy atom. The Bertz CT molecular complexity index is 1120. The fourth-order valence-electron chi connectivity index (χ4n) is 3.86. The zero-order valence-electron chi connectivity index (χ0n) is 21.5. The molecule has 0 radical (unpaired) electrons. The second-order valence-corrected chi connectivity index (χ2v) is 10.8. The number of halogens is 1. The average Bonchev–Trinajstić information content (AvgIpc) is 2.81. The van der Waals surface area contributed by atoms with Gasteiger partial charge in [0.15, 0.2) is 0 Å². The Balaban J connectivity index is 2.22. The molecule has 0 aliphatic carbocycles. The van der Waals surface area contributed by atoms with Crippen LogP contribution in [0.4, 0.5) is 10.1 Å². The highest BCUT2D eigenvalue weighted by molar-refractivity contribution is 7.92. The molecule has 36 heavy (non-hydrogen) atoms. The maximum Gasteiger partial charge on any atom is 0.243 e. The molecule has 2 amide bonds. The number of hydrogen-bond donors (Lipinski definition) is 1. The van der Waals surface area contributed by atoms with Crippen LogP contribution in [0.25, 0.3) is 0 Å².